The van der Waals surface area contributed by atoms with Crippen LogP contribution in [0, 0.1) is 13.8 Å². The summed E-state index contributed by atoms with van der Waals surface area (Å²) >= 11 is 0. The highest BCUT2D eigenvalue weighted by atomic mass is 32.2. The summed E-state index contributed by atoms with van der Waals surface area (Å²) in [6.45, 7) is 8.90. The molecule has 0 saturated carbocycles. The maximum Gasteiger partial charge on any atom is 0.243 e. The van der Waals surface area contributed by atoms with Crippen molar-refractivity contribution in [1.82, 2.24) is 24.7 Å². The van der Waals surface area contributed by atoms with Gasteiger partial charge in [0.1, 0.15) is 0 Å². The lowest BCUT2D eigenvalue weighted by Gasteiger charge is -2.21. The van der Waals surface area contributed by atoms with Crippen molar-refractivity contribution in [3.63, 3.8) is 0 Å². The number of guanidine groups is 1. The van der Waals surface area contributed by atoms with Crippen LogP contribution in [0.1, 0.15) is 36.4 Å². The molecule has 160 valence electrons. The SMILES string of the molecule is CN=C(NCc1ccc(S(=O)(=O)N(C)C(C)C)cc1)NCc1c(C)nn(C)c1C. The monoisotopic (exact) mass is 420 g/mol. The van der Waals surface area contributed by atoms with Gasteiger partial charge in [0.2, 0.25) is 10.0 Å². The topological polar surface area (TPSA) is 91.6 Å². The van der Waals surface area contributed by atoms with Crippen molar-refractivity contribution in [2.45, 2.75) is 51.7 Å². The lowest BCUT2D eigenvalue weighted by atomic mass is 10.2. The van der Waals surface area contributed by atoms with Crippen molar-refractivity contribution in [2.24, 2.45) is 12.0 Å². The van der Waals surface area contributed by atoms with Gasteiger partial charge in [-0.15, -0.1) is 0 Å². The zero-order valence-corrected chi connectivity index (χ0v) is 19.1. The molecule has 0 bridgehead atoms. The highest BCUT2D eigenvalue weighted by Crippen LogP contribution is 2.17. The molecule has 1 heterocycles. The molecular formula is C20H32N6O2S. The molecule has 1 aromatic heterocycles. The van der Waals surface area contributed by atoms with Crippen LogP contribution in [0.15, 0.2) is 34.2 Å². The van der Waals surface area contributed by atoms with Gasteiger partial charge < -0.3 is 10.6 Å². The summed E-state index contributed by atoms with van der Waals surface area (Å²) < 4.78 is 28.3. The van der Waals surface area contributed by atoms with Crippen LogP contribution >= 0.6 is 0 Å². The van der Waals surface area contributed by atoms with Gasteiger partial charge >= 0.3 is 0 Å². The predicted octanol–water partition coefficient (Wildman–Crippen LogP) is 1.93. The van der Waals surface area contributed by atoms with Crippen LogP contribution in [0.5, 0.6) is 0 Å². The van der Waals surface area contributed by atoms with E-state index in [1.54, 1.807) is 26.2 Å². The minimum atomic E-state index is -3.47. The Balaban J connectivity index is 1.98. The van der Waals surface area contributed by atoms with Gasteiger partial charge in [0, 0.05) is 51.5 Å². The van der Waals surface area contributed by atoms with Gasteiger partial charge in [-0.1, -0.05) is 12.1 Å². The second kappa shape index (κ2) is 9.41. The number of aliphatic imine (C=N–C) groups is 1. The number of aryl methyl sites for hydroxylation is 2. The highest BCUT2D eigenvalue weighted by Gasteiger charge is 2.22. The van der Waals surface area contributed by atoms with E-state index in [1.807, 2.05) is 51.6 Å². The van der Waals surface area contributed by atoms with E-state index in [4.69, 9.17) is 0 Å². The molecule has 2 rings (SSSR count). The Morgan fingerprint density at radius 1 is 1.17 bits per heavy atom. The molecular weight excluding hydrogens is 388 g/mol. The minimum Gasteiger partial charge on any atom is -0.352 e. The third-order valence-corrected chi connectivity index (χ3v) is 7.15. The second-order valence-corrected chi connectivity index (χ2v) is 9.31. The van der Waals surface area contributed by atoms with Crippen molar-refractivity contribution in [1.29, 1.82) is 0 Å². The van der Waals surface area contributed by atoms with Crippen LogP contribution in [-0.2, 0) is 30.2 Å². The fourth-order valence-electron chi connectivity index (χ4n) is 2.87. The van der Waals surface area contributed by atoms with Gasteiger partial charge in [-0.25, -0.2) is 8.42 Å². The highest BCUT2D eigenvalue weighted by molar-refractivity contribution is 7.89. The lowest BCUT2D eigenvalue weighted by molar-refractivity contribution is 0.410. The van der Waals surface area contributed by atoms with Gasteiger partial charge in [0.25, 0.3) is 0 Å². The van der Waals surface area contributed by atoms with Crippen LogP contribution < -0.4 is 10.6 Å². The molecule has 2 N–H and O–H groups in total. The smallest absolute Gasteiger partial charge is 0.243 e. The van der Waals surface area contributed by atoms with Crippen molar-refractivity contribution in [2.75, 3.05) is 14.1 Å². The van der Waals surface area contributed by atoms with E-state index >= 15 is 0 Å². The standard InChI is InChI=1S/C20H32N6O2S/c1-14(2)26(7)29(27,28)18-10-8-17(9-11-18)12-22-20(21-5)23-13-19-15(3)24-25(6)16(19)4/h8-11,14H,12-13H2,1-7H3,(H2,21,22,23). The first kappa shape index (κ1) is 22.9. The molecule has 0 amide bonds. The number of benzene rings is 1. The van der Waals surface area contributed by atoms with E-state index in [9.17, 15) is 8.42 Å². The van der Waals surface area contributed by atoms with Gasteiger partial charge in [-0.2, -0.15) is 9.40 Å². The maximum absolute atomic E-state index is 12.5. The molecule has 0 aliphatic rings. The van der Waals surface area contributed by atoms with Crippen LogP contribution in [0.4, 0.5) is 0 Å². The number of hydrogen-bond donors (Lipinski definition) is 2. The van der Waals surface area contributed by atoms with Crippen molar-refractivity contribution >= 4 is 16.0 Å². The molecule has 29 heavy (non-hydrogen) atoms. The first-order chi connectivity index (χ1) is 13.6. The number of hydrogen-bond acceptors (Lipinski definition) is 4. The average Bonchev–Trinajstić information content (AvgIpc) is 2.93. The van der Waals surface area contributed by atoms with Crippen molar-refractivity contribution < 1.29 is 8.42 Å². The Hall–Kier alpha value is -2.39. The number of rotatable bonds is 7. The van der Waals surface area contributed by atoms with E-state index < -0.39 is 10.0 Å². The van der Waals surface area contributed by atoms with Crippen LogP contribution in [0.2, 0.25) is 0 Å². The van der Waals surface area contributed by atoms with Gasteiger partial charge in [-0.3, -0.25) is 9.67 Å². The number of nitrogens with one attached hydrogen (secondary N) is 2. The lowest BCUT2D eigenvalue weighted by Crippen LogP contribution is -2.36. The van der Waals surface area contributed by atoms with E-state index in [2.05, 4.69) is 20.7 Å². The second-order valence-electron chi connectivity index (χ2n) is 7.31. The first-order valence-electron chi connectivity index (χ1n) is 9.58. The summed E-state index contributed by atoms with van der Waals surface area (Å²) in [5.41, 5.74) is 4.23. The molecule has 1 aromatic carbocycles. The van der Waals surface area contributed by atoms with E-state index in [1.165, 1.54) is 4.31 Å². The van der Waals surface area contributed by atoms with Crippen LogP contribution in [0.3, 0.4) is 0 Å². The Labute approximate surface area is 174 Å². The normalized spacial score (nSPS) is 12.7. The largest absolute Gasteiger partial charge is 0.352 e. The molecule has 0 spiro atoms. The molecule has 0 atom stereocenters. The number of aromatic nitrogens is 2. The number of sulfonamides is 1. The Morgan fingerprint density at radius 3 is 2.24 bits per heavy atom. The molecule has 0 aliphatic heterocycles. The maximum atomic E-state index is 12.5. The predicted molar refractivity (Wildman–Crippen MR) is 116 cm³/mol. The zero-order valence-electron chi connectivity index (χ0n) is 18.3. The fraction of sp³-hybridized carbons (Fsp3) is 0.500. The first-order valence-corrected chi connectivity index (χ1v) is 11.0. The Kier molecular flexibility index (Phi) is 7.43. The van der Waals surface area contributed by atoms with E-state index in [0.29, 0.717) is 23.9 Å². The van der Waals surface area contributed by atoms with Crippen molar-refractivity contribution in [3.05, 3.63) is 46.8 Å². The fourth-order valence-corrected chi connectivity index (χ4v) is 4.24. The molecule has 2 aromatic rings. The molecule has 0 radical (unpaired) electrons. The summed E-state index contributed by atoms with van der Waals surface area (Å²) in [6, 6.07) is 6.82. The molecule has 0 aliphatic carbocycles. The number of nitrogens with zero attached hydrogens (tertiary/aromatic N) is 4. The van der Waals surface area contributed by atoms with Gasteiger partial charge in [-0.05, 0) is 45.4 Å². The van der Waals surface area contributed by atoms with Gasteiger partial charge in [0.15, 0.2) is 5.96 Å². The summed E-state index contributed by atoms with van der Waals surface area (Å²) in [6.07, 6.45) is 0. The molecule has 8 nitrogen and oxygen atoms in total. The summed E-state index contributed by atoms with van der Waals surface area (Å²) in [5, 5.41) is 11.0. The van der Waals surface area contributed by atoms with E-state index in [0.717, 1.165) is 22.5 Å². The summed E-state index contributed by atoms with van der Waals surface area (Å²) in [4.78, 5) is 4.54. The Morgan fingerprint density at radius 2 is 1.76 bits per heavy atom. The zero-order chi connectivity index (χ0) is 21.8. The van der Waals surface area contributed by atoms with Crippen molar-refractivity contribution in [3.8, 4) is 0 Å². The van der Waals surface area contributed by atoms with Crippen LogP contribution in [-0.4, -0.2) is 48.6 Å². The van der Waals surface area contributed by atoms with E-state index in [-0.39, 0.29) is 6.04 Å². The molecule has 0 fully saturated rings. The quantitative estimate of drug-likeness (QED) is 0.528. The van der Waals surface area contributed by atoms with Gasteiger partial charge in [0.05, 0.1) is 10.6 Å². The molecule has 9 heteroatoms. The summed E-state index contributed by atoms with van der Waals surface area (Å²) in [5.74, 6) is 0.670. The third-order valence-electron chi connectivity index (χ3n) is 5.10. The average molecular weight is 421 g/mol. The molecule has 0 saturated heterocycles. The van der Waals surface area contributed by atoms with Crippen LogP contribution in [0.25, 0.3) is 0 Å². The minimum absolute atomic E-state index is 0.0946. The summed E-state index contributed by atoms with van der Waals surface area (Å²) in [7, 11) is 1.78. The molecule has 0 unspecified atom stereocenters. The third kappa shape index (κ3) is 5.36. The Bertz CT molecular complexity index is 962.